The van der Waals surface area contributed by atoms with Crippen LogP contribution < -0.4 is 10.1 Å². The number of ether oxygens (including phenoxy) is 1. The van der Waals surface area contributed by atoms with E-state index in [0.29, 0.717) is 25.1 Å². The lowest BCUT2D eigenvalue weighted by atomic mass is 9.88. The van der Waals surface area contributed by atoms with Crippen LogP contribution >= 0.6 is 0 Å². The number of carbonyl (C=O) groups is 3. The van der Waals surface area contributed by atoms with Crippen molar-refractivity contribution in [3.05, 3.63) is 130 Å². The first-order chi connectivity index (χ1) is 26.9. The molecule has 0 saturated carbocycles. The summed E-state index contributed by atoms with van der Waals surface area (Å²) >= 11 is 0. The molecule has 0 radical (unpaired) electrons. The number of aryl methyl sites for hydroxylation is 1. The first kappa shape index (κ1) is 38.0. The summed E-state index contributed by atoms with van der Waals surface area (Å²) in [5.41, 5.74) is 8.67. The van der Waals surface area contributed by atoms with E-state index < -0.39 is 6.04 Å². The van der Waals surface area contributed by atoms with E-state index in [1.54, 1.807) is 17.0 Å². The third-order valence-electron chi connectivity index (χ3n) is 11.2. The highest BCUT2D eigenvalue weighted by molar-refractivity contribution is 6.05. The molecule has 2 saturated heterocycles. The van der Waals surface area contributed by atoms with E-state index >= 15 is 0 Å². The SMILES string of the molecule is CCC(=C(c1ccc(O)cc1)c1ccc(OCCCN2CCCN(CCCc3ccc4c(c3)CN(C3CCC(=O)NC3=O)C4=O)CC2)cc1)c1ccccc1. The molecule has 2 N–H and O–H groups in total. The van der Waals surface area contributed by atoms with Crippen LogP contribution in [0.4, 0.5) is 0 Å². The predicted molar refractivity (Wildman–Crippen MR) is 216 cm³/mol. The molecule has 2 fully saturated rings. The average Bonchev–Trinajstić information content (AvgIpc) is 3.35. The Bertz CT molecular complexity index is 1990. The number of hydrogen-bond donors (Lipinski definition) is 2. The van der Waals surface area contributed by atoms with Gasteiger partial charge in [0.25, 0.3) is 5.91 Å². The molecule has 3 aliphatic heterocycles. The number of aromatic hydroxyl groups is 1. The van der Waals surface area contributed by atoms with Crippen LogP contribution in [0.1, 0.15) is 83.6 Å². The van der Waals surface area contributed by atoms with Crippen molar-refractivity contribution in [1.29, 1.82) is 0 Å². The van der Waals surface area contributed by atoms with E-state index in [2.05, 4.69) is 76.6 Å². The lowest BCUT2D eigenvalue weighted by Crippen LogP contribution is -2.52. The summed E-state index contributed by atoms with van der Waals surface area (Å²) in [6.45, 7) is 9.64. The van der Waals surface area contributed by atoms with Crippen LogP contribution in [0.5, 0.6) is 11.5 Å². The van der Waals surface area contributed by atoms with Crippen LogP contribution in [0.25, 0.3) is 11.1 Å². The van der Waals surface area contributed by atoms with Gasteiger partial charge in [-0.15, -0.1) is 0 Å². The third-order valence-corrected chi connectivity index (χ3v) is 11.2. The fourth-order valence-electron chi connectivity index (χ4n) is 8.27. The van der Waals surface area contributed by atoms with Crippen molar-refractivity contribution < 1.29 is 24.2 Å². The molecule has 0 spiro atoms. The summed E-state index contributed by atoms with van der Waals surface area (Å²) in [6.07, 6.45) is 5.64. The minimum Gasteiger partial charge on any atom is -0.508 e. The maximum absolute atomic E-state index is 13.0. The number of nitrogens with zero attached hydrogens (tertiary/aromatic N) is 3. The van der Waals surface area contributed by atoms with Crippen LogP contribution in [0.15, 0.2) is 97.1 Å². The molecule has 3 aliphatic rings. The van der Waals surface area contributed by atoms with Gasteiger partial charge in [-0.3, -0.25) is 19.7 Å². The molecule has 7 rings (SSSR count). The Kier molecular flexibility index (Phi) is 12.4. The molecule has 0 aromatic heterocycles. The lowest BCUT2D eigenvalue weighted by molar-refractivity contribution is -0.136. The van der Waals surface area contributed by atoms with Gasteiger partial charge in [0, 0.05) is 38.2 Å². The summed E-state index contributed by atoms with van der Waals surface area (Å²) in [5.74, 6) is 0.369. The largest absolute Gasteiger partial charge is 0.508 e. The Morgan fingerprint density at radius 3 is 2.18 bits per heavy atom. The van der Waals surface area contributed by atoms with E-state index in [-0.39, 0.29) is 29.9 Å². The maximum atomic E-state index is 13.0. The van der Waals surface area contributed by atoms with Gasteiger partial charge in [0.05, 0.1) is 6.61 Å². The molecule has 3 amide bonds. The lowest BCUT2D eigenvalue weighted by Gasteiger charge is -2.29. The van der Waals surface area contributed by atoms with Crippen molar-refractivity contribution in [1.82, 2.24) is 20.0 Å². The maximum Gasteiger partial charge on any atom is 0.255 e. The Morgan fingerprint density at radius 2 is 1.49 bits per heavy atom. The summed E-state index contributed by atoms with van der Waals surface area (Å²) in [5, 5.41) is 12.3. The normalized spacial score (nSPS) is 18.5. The van der Waals surface area contributed by atoms with Gasteiger partial charge in [0.15, 0.2) is 0 Å². The van der Waals surface area contributed by atoms with E-state index in [4.69, 9.17) is 4.74 Å². The number of imide groups is 1. The molecule has 1 unspecified atom stereocenters. The summed E-state index contributed by atoms with van der Waals surface area (Å²) in [6, 6.07) is 31.9. The van der Waals surface area contributed by atoms with Crippen molar-refractivity contribution in [2.75, 3.05) is 45.9 Å². The molecular weight excluding hydrogens is 689 g/mol. The van der Waals surface area contributed by atoms with E-state index in [1.807, 2.05) is 30.3 Å². The fraction of sp³-hybridized carbons (Fsp3) is 0.370. The van der Waals surface area contributed by atoms with Crippen LogP contribution in [0, 0.1) is 0 Å². The van der Waals surface area contributed by atoms with Crippen LogP contribution in [0.3, 0.4) is 0 Å². The second-order valence-electron chi connectivity index (χ2n) is 14.9. The zero-order chi connectivity index (χ0) is 38.1. The van der Waals surface area contributed by atoms with Gasteiger partial charge in [-0.1, -0.05) is 73.7 Å². The molecule has 9 heteroatoms. The van der Waals surface area contributed by atoms with Gasteiger partial charge in [0.1, 0.15) is 17.5 Å². The molecule has 4 aromatic carbocycles. The number of allylic oxidation sites excluding steroid dienone is 1. The Balaban J connectivity index is 0.849. The van der Waals surface area contributed by atoms with Gasteiger partial charge in [-0.25, -0.2) is 0 Å². The van der Waals surface area contributed by atoms with Crippen LogP contribution in [-0.2, 0) is 22.6 Å². The molecule has 4 aromatic rings. The minimum absolute atomic E-state index is 0.120. The molecule has 9 nitrogen and oxygen atoms in total. The number of benzene rings is 4. The molecule has 0 aliphatic carbocycles. The highest BCUT2D eigenvalue weighted by atomic mass is 16.5. The van der Waals surface area contributed by atoms with E-state index in [0.717, 1.165) is 99.4 Å². The van der Waals surface area contributed by atoms with Crippen molar-refractivity contribution in [3.63, 3.8) is 0 Å². The Morgan fingerprint density at radius 1 is 0.800 bits per heavy atom. The van der Waals surface area contributed by atoms with Crippen LogP contribution in [0.2, 0.25) is 0 Å². The fourth-order valence-corrected chi connectivity index (χ4v) is 8.27. The topological polar surface area (TPSA) is 102 Å². The number of carbonyl (C=O) groups excluding carboxylic acids is 3. The quantitative estimate of drug-likeness (QED) is 0.0822. The summed E-state index contributed by atoms with van der Waals surface area (Å²) < 4.78 is 6.21. The monoisotopic (exact) mass is 740 g/mol. The van der Waals surface area contributed by atoms with Crippen molar-refractivity contribution in [3.8, 4) is 11.5 Å². The van der Waals surface area contributed by atoms with Crippen LogP contribution in [-0.4, -0.2) is 89.4 Å². The first-order valence-electron chi connectivity index (χ1n) is 19.9. The Labute approximate surface area is 324 Å². The van der Waals surface area contributed by atoms with Gasteiger partial charge in [0.2, 0.25) is 11.8 Å². The van der Waals surface area contributed by atoms with Crippen molar-refractivity contribution in [2.24, 2.45) is 0 Å². The van der Waals surface area contributed by atoms with Gasteiger partial charge < -0.3 is 24.5 Å². The smallest absolute Gasteiger partial charge is 0.255 e. The van der Waals surface area contributed by atoms with Gasteiger partial charge in [-0.2, -0.15) is 0 Å². The highest BCUT2D eigenvalue weighted by Gasteiger charge is 2.39. The molecule has 55 heavy (non-hydrogen) atoms. The van der Waals surface area contributed by atoms with Gasteiger partial charge in [-0.05, 0) is 127 Å². The molecular formula is C46H52N4O5. The average molecular weight is 741 g/mol. The molecule has 0 bridgehead atoms. The number of amides is 3. The highest BCUT2D eigenvalue weighted by Crippen LogP contribution is 2.36. The summed E-state index contributed by atoms with van der Waals surface area (Å²) in [7, 11) is 0. The molecule has 286 valence electrons. The van der Waals surface area contributed by atoms with Crippen molar-refractivity contribution >= 4 is 28.9 Å². The first-order valence-corrected chi connectivity index (χ1v) is 19.9. The standard InChI is InChI=1S/C46H52N4O5/c1-2-40(34-10-4-3-5-11-34)44(35-13-17-38(51)18-14-35)36-15-19-39(20-16-36)55-30-8-27-49-26-7-25-48(28-29-49)24-6-9-33-12-21-41-37(31-33)32-50(46(41)54)42-22-23-43(52)47-45(42)53/h3-5,10-21,31,42,51H,2,6-9,22-30,32H2,1H3,(H,47,52,53). The number of piperidine rings is 1. The van der Waals surface area contributed by atoms with E-state index in [1.165, 1.54) is 16.7 Å². The summed E-state index contributed by atoms with van der Waals surface area (Å²) in [4.78, 5) is 43.8. The predicted octanol–water partition coefficient (Wildman–Crippen LogP) is 6.93. The zero-order valence-electron chi connectivity index (χ0n) is 31.8. The number of rotatable bonds is 14. The minimum atomic E-state index is -0.580. The Hall–Kier alpha value is -5.25. The van der Waals surface area contributed by atoms with E-state index in [9.17, 15) is 19.5 Å². The third kappa shape index (κ3) is 9.35. The molecule has 3 heterocycles. The zero-order valence-corrected chi connectivity index (χ0v) is 31.8. The van der Waals surface area contributed by atoms with Crippen molar-refractivity contribution in [2.45, 2.75) is 64.5 Å². The number of nitrogens with one attached hydrogen (secondary N) is 1. The van der Waals surface area contributed by atoms with Gasteiger partial charge >= 0.3 is 0 Å². The number of phenols is 1. The second-order valence-corrected chi connectivity index (χ2v) is 14.9. The molecule has 1 atom stereocenters. The number of hydrogen-bond acceptors (Lipinski definition) is 7. The second kappa shape index (κ2) is 17.9. The number of fused-ring (bicyclic) bond motifs is 1. The number of phenolic OH excluding ortho intramolecular Hbond substituents is 1.